The molecule has 3 N–H and O–H groups in total. The predicted molar refractivity (Wildman–Crippen MR) is 97.9 cm³/mol. The van der Waals surface area contributed by atoms with Crippen molar-refractivity contribution in [2.24, 2.45) is 0 Å². The van der Waals surface area contributed by atoms with Crippen molar-refractivity contribution in [3.05, 3.63) is 51.8 Å². The van der Waals surface area contributed by atoms with Crippen LogP contribution < -0.4 is 5.32 Å². The standard InChI is InChI=1S/C15H10Cl2N2O2S.ClH/c16-10-3-2-9(6-11(10)17)18-15-19-12(7-22-15)8-1-4-13(20)14(21)5-8;/h1-7,20-21H,(H,18,19);1H. The van der Waals surface area contributed by atoms with E-state index in [1.165, 1.54) is 23.5 Å². The van der Waals surface area contributed by atoms with Gasteiger partial charge >= 0.3 is 0 Å². The van der Waals surface area contributed by atoms with Crippen LogP contribution in [0.1, 0.15) is 0 Å². The first-order valence-electron chi connectivity index (χ1n) is 6.23. The van der Waals surface area contributed by atoms with Crippen molar-refractivity contribution in [3.8, 4) is 22.8 Å². The molecule has 0 atom stereocenters. The molecule has 0 aliphatic heterocycles. The zero-order chi connectivity index (χ0) is 15.7. The Morgan fingerprint density at radius 3 is 2.43 bits per heavy atom. The normalized spacial score (nSPS) is 10.2. The van der Waals surface area contributed by atoms with E-state index in [0.717, 1.165) is 5.69 Å². The zero-order valence-electron chi connectivity index (χ0n) is 11.5. The van der Waals surface area contributed by atoms with Crippen molar-refractivity contribution in [1.82, 2.24) is 4.98 Å². The number of anilines is 2. The highest BCUT2D eigenvalue weighted by Crippen LogP contribution is 2.33. The highest BCUT2D eigenvalue weighted by molar-refractivity contribution is 7.14. The molecule has 0 aliphatic rings. The topological polar surface area (TPSA) is 65.4 Å². The lowest BCUT2D eigenvalue weighted by Crippen LogP contribution is -1.89. The van der Waals surface area contributed by atoms with Gasteiger partial charge in [0.2, 0.25) is 0 Å². The minimum atomic E-state index is -0.176. The maximum absolute atomic E-state index is 9.54. The first-order valence-corrected chi connectivity index (χ1v) is 7.86. The second kappa shape index (κ2) is 7.27. The fraction of sp³-hybridized carbons (Fsp3) is 0. The molecular formula is C15H11Cl3N2O2S. The van der Waals surface area contributed by atoms with Crippen molar-refractivity contribution in [3.63, 3.8) is 0 Å². The maximum Gasteiger partial charge on any atom is 0.187 e. The van der Waals surface area contributed by atoms with E-state index in [1.807, 2.05) is 11.4 Å². The number of phenolic OH excluding ortho intramolecular Hbond substituents is 2. The van der Waals surface area contributed by atoms with Crippen molar-refractivity contribution < 1.29 is 10.2 Å². The van der Waals surface area contributed by atoms with Crippen molar-refractivity contribution >= 4 is 57.8 Å². The van der Waals surface area contributed by atoms with Crippen LogP contribution in [0.25, 0.3) is 11.3 Å². The Bertz CT molecular complexity index is 839. The molecule has 0 spiro atoms. The monoisotopic (exact) mass is 388 g/mol. The molecule has 23 heavy (non-hydrogen) atoms. The Morgan fingerprint density at radius 1 is 0.957 bits per heavy atom. The first kappa shape index (κ1) is 17.7. The summed E-state index contributed by atoms with van der Waals surface area (Å²) in [6.45, 7) is 0. The summed E-state index contributed by atoms with van der Waals surface area (Å²) in [4.78, 5) is 4.44. The van der Waals surface area contributed by atoms with Crippen molar-refractivity contribution in [2.45, 2.75) is 0 Å². The molecule has 4 nitrogen and oxygen atoms in total. The maximum atomic E-state index is 9.54. The Hall–Kier alpha value is -1.66. The van der Waals surface area contributed by atoms with E-state index < -0.39 is 0 Å². The molecule has 1 heterocycles. The smallest absolute Gasteiger partial charge is 0.187 e. The zero-order valence-corrected chi connectivity index (χ0v) is 14.6. The number of aromatic nitrogens is 1. The number of phenols is 2. The third-order valence-corrected chi connectivity index (χ3v) is 4.44. The number of rotatable bonds is 3. The number of aromatic hydroxyl groups is 2. The summed E-state index contributed by atoms with van der Waals surface area (Å²) in [5, 5.41) is 25.5. The van der Waals surface area contributed by atoms with Gasteiger partial charge in [0.1, 0.15) is 0 Å². The molecule has 0 unspecified atom stereocenters. The van der Waals surface area contributed by atoms with Crippen LogP contribution in [0, 0.1) is 0 Å². The van der Waals surface area contributed by atoms with Gasteiger partial charge in [-0.1, -0.05) is 23.2 Å². The van der Waals surface area contributed by atoms with Gasteiger partial charge < -0.3 is 15.5 Å². The van der Waals surface area contributed by atoms with Crippen LogP contribution >= 0.6 is 46.9 Å². The molecule has 0 radical (unpaired) electrons. The van der Waals surface area contributed by atoms with Crippen LogP contribution in [0.4, 0.5) is 10.8 Å². The summed E-state index contributed by atoms with van der Waals surface area (Å²) in [6.07, 6.45) is 0. The van der Waals surface area contributed by atoms with E-state index in [2.05, 4.69) is 10.3 Å². The van der Waals surface area contributed by atoms with Gasteiger partial charge in [0.15, 0.2) is 16.6 Å². The van der Waals surface area contributed by atoms with Crippen LogP contribution in [0.5, 0.6) is 11.5 Å². The number of thiazole rings is 1. The largest absolute Gasteiger partial charge is 0.504 e. The fourth-order valence-corrected chi connectivity index (χ4v) is 2.88. The van der Waals surface area contributed by atoms with Gasteiger partial charge in [0.05, 0.1) is 15.7 Å². The second-order valence-electron chi connectivity index (χ2n) is 4.50. The van der Waals surface area contributed by atoms with Gasteiger partial charge in [-0.25, -0.2) is 4.98 Å². The summed E-state index contributed by atoms with van der Waals surface area (Å²) < 4.78 is 0. The summed E-state index contributed by atoms with van der Waals surface area (Å²) in [5.74, 6) is -0.336. The molecule has 0 saturated heterocycles. The molecule has 2 aromatic carbocycles. The van der Waals surface area contributed by atoms with Crippen molar-refractivity contribution in [2.75, 3.05) is 5.32 Å². The second-order valence-corrected chi connectivity index (χ2v) is 6.17. The highest BCUT2D eigenvalue weighted by Gasteiger charge is 2.08. The fourth-order valence-electron chi connectivity index (χ4n) is 1.84. The number of hydrogen-bond acceptors (Lipinski definition) is 5. The van der Waals surface area contributed by atoms with Crippen LogP contribution in [-0.2, 0) is 0 Å². The first-order chi connectivity index (χ1) is 10.5. The number of hydrogen-bond donors (Lipinski definition) is 3. The molecule has 0 aliphatic carbocycles. The van der Waals surface area contributed by atoms with Crippen LogP contribution in [0.3, 0.4) is 0 Å². The van der Waals surface area contributed by atoms with Crippen LogP contribution in [-0.4, -0.2) is 15.2 Å². The van der Waals surface area contributed by atoms with Gasteiger partial charge in [0, 0.05) is 16.6 Å². The van der Waals surface area contributed by atoms with Gasteiger partial charge in [0.25, 0.3) is 0 Å². The summed E-state index contributed by atoms with van der Waals surface area (Å²) in [7, 11) is 0. The van der Waals surface area contributed by atoms with E-state index in [1.54, 1.807) is 18.2 Å². The number of nitrogens with one attached hydrogen (secondary N) is 1. The summed E-state index contributed by atoms with van der Waals surface area (Å²) in [6, 6.07) is 9.81. The minimum absolute atomic E-state index is 0. The molecule has 0 fully saturated rings. The Morgan fingerprint density at radius 2 is 1.74 bits per heavy atom. The van der Waals surface area contributed by atoms with Crippen LogP contribution in [0.2, 0.25) is 10.0 Å². The number of halogens is 3. The lowest BCUT2D eigenvalue weighted by atomic mass is 10.1. The average Bonchev–Trinajstić information content (AvgIpc) is 2.94. The highest BCUT2D eigenvalue weighted by atomic mass is 35.5. The molecule has 0 bridgehead atoms. The Balaban J connectivity index is 0.00000192. The average molecular weight is 390 g/mol. The molecule has 1 aromatic heterocycles. The van der Waals surface area contributed by atoms with Crippen LogP contribution in [0.15, 0.2) is 41.8 Å². The molecular weight excluding hydrogens is 379 g/mol. The summed E-state index contributed by atoms with van der Waals surface area (Å²) in [5.41, 5.74) is 2.19. The molecule has 3 aromatic rings. The molecule has 120 valence electrons. The van der Waals surface area contributed by atoms with Gasteiger partial charge in [-0.15, -0.1) is 23.7 Å². The van der Waals surface area contributed by atoms with Crippen molar-refractivity contribution in [1.29, 1.82) is 0 Å². The van der Waals surface area contributed by atoms with E-state index in [9.17, 15) is 10.2 Å². The Kier molecular flexibility index (Phi) is 5.59. The molecule has 8 heteroatoms. The number of benzene rings is 2. The lowest BCUT2D eigenvalue weighted by Gasteiger charge is -2.04. The van der Waals surface area contributed by atoms with Gasteiger partial charge in [-0.3, -0.25) is 0 Å². The third kappa shape index (κ3) is 4.00. The van der Waals surface area contributed by atoms with E-state index in [-0.39, 0.29) is 23.9 Å². The molecule has 3 rings (SSSR count). The third-order valence-electron chi connectivity index (χ3n) is 2.95. The van der Waals surface area contributed by atoms with Gasteiger partial charge in [-0.05, 0) is 36.4 Å². The van der Waals surface area contributed by atoms with E-state index in [4.69, 9.17) is 23.2 Å². The minimum Gasteiger partial charge on any atom is -0.504 e. The molecule has 0 amide bonds. The SMILES string of the molecule is Cl.Oc1ccc(-c2csc(Nc3ccc(Cl)c(Cl)c3)n2)cc1O. The lowest BCUT2D eigenvalue weighted by molar-refractivity contribution is 0.404. The molecule has 0 saturated carbocycles. The van der Waals surface area contributed by atoms with Gasteiger partial charge in [-0.2, -0.15) is 0 Å². The van der Waals surface area contributed by atoms with E-state index >= 15 is 0 Å². The quantitative estimate of drug-likeness (QED) is 0.503. The Labute approximate surface area is 152 Å². The summed E-state index contributed by atoms with van der Waals surface area (Å²) >= 11 is 13.3. The number of nitrogens with zero attached hydrogens (tertiary/aromatic N) is 1. The van der Waals surface area contributed by atoms with E-state index in [0.29, 0.717) is 26.4 Å². The predicted octanol–water partition coefficient (Wildman–Crippen LogP) is 5.69.